The lowest BCUT2D eigenvalue weighted by Crippen LogP contribution is -2.30. The molecule has 0 saturated carbocycles. The molecule has 5 heteroatoms. The highest BCUT2D eigenvalue weighted by atomic mass is 79.9. The van der Waals surface area contributed by atoms with Crippen molar-refractivity contribution in [2.45, 2.75) is 32.9 Å². The summed E-state index contributed by atoms with van der Waals surface area (Å²) in [5, 5.41) is 1.41. The molecule has 0 fully saturated rings. The molecule has 2 rings (SSSR count). The van der Waals surface area contributed by atoms with E-state index in [9.17, 15) is 9.59 Å². The number of fused-ring (bicyclic) bond motifs is 1. The zero-order valence-corrected chi connectivity index (χ0v) is 13.2. The Balaban J connectivity index is 2.39. The van der Waals surface area contributed by atoms with Crippen LogP contribution in [0.3, 0.4) is 0 Å². The van der Waals surface area contributed by atoms with Crippen LogP contribution in [0.2, 0.25) is 0 Å². The fourth-order valence-electron chi connectivity index (χ4n) is 1.93. The number of benzene rings is 1. The molecule has 0 amide bonds. The van der Waals surface area contributed by atoms with E-state index < -0.39 is 11.6 Å². The number of ether oxygens (including phenoxy) is 1. The van der Waals surface area contributed by atoms with Gasteiger partial charge in [0.2, 0.25) is 0 Å². The van der Waals surface area contributed by atoms with Gasteiger partial charge in [-0.2, -0.15) is 0 Å². The van der Waals surface area contributed by atoms with Crippen LogP contribution in [0.25, 0.3) is 10.8 Å². The zero-order valence-electron chi connectivity index (χ0n) is 11.6. The van der Waals surface area contributed by atoms with E-state index in [1.807, 2.05) is 12.1 Å². The van der Waals surface area contributed by atoms with E-state index in [0.717, 1.165) is 9.86 Å². The van der Waals surface area contributed by atoms with E-state index in [2.05, 4.69) is 15.9 Å². The third-order valence-corrected chi connectivity index (χ3v) is 3.30. The van der Waals surface area contributed by atoms with Crippen LogP contribution in [-0.4, -0.2) is 16.1 Å². The summed E-state index contributed by atoms with van der Waals surface area (Å²) in [6.45, 7) is 5.29. The first-order valence-electron chi connectivity index (χ1n) is 6.27. The van der Waals surface area contributed by atoms with E-state index in [-0.39, 0.29) is 12.1 Å². The number of carbonyl (C=O) groups excluding carboxylic acids is 1. The highest BCUT2D eigenvalue weighted by Gasteiger charge is 2.17. The molecule has 0 unspecified atom stereocenters. The fraction of sp³-hybridized carbons (Fsp3) is 0.333. The van der Waals surface area contributed by atoms with Crippen molar-refractivity contribution in [1.29, 1.82) is 0 Å². The number of hydrogen-bond acceptors (Lipinski definition) is 3. The van der Waals surface area contributed by atoms with Crippen LogP contribution < -0.4 is 5.56 Å². The van der Waals surface area contributed by atoms with E-state index in [0.29, 0.717) is 5.39 Å². The third kappa shape index (κ3) is 3.28. The Bertz CT molecular complexity index is 713. The molecule has 20 heavy (non-hydrogen) atoms. The standard InChI is InChI=1S/C15H16BrNO3/c1-15(2,3)20-13(18)9-17-8-12(16)10-6-4-5-7-11(10)14(17)19/h4-8H,9H2,1-3H3. The molecule has 1 aromatic heterocycles. The molecule has 2 aromatic rings. The number of hydrogen-bond donors (Lipinski definition) is 0. The van der Waals surface area contributed by atoms with Gasteiger partial charge in [0.1, 0.15) is 12.1 Å². The van der Waals surface area contributed by atoms with E-state index in [4.69, 9.17) is 4.74 Å². The summed E-state index contributed by atoms with van der Waals surface area (Å²) < 4.78 is 7.37. The molecule has 0 saturated heterocycles. The lowest BCUT2D eigenvalue weighted by molar-refractivity contribution is -0.155. The van der Waals surface area contributed by atoms with Crippen molar-refractivity contribution in [2.24, 2.45) is 0 Å². The minimum Gasteiger partial charge on any atom is -0.459 e. The third-order valence-electron chi connectivity index (χ3n) is 2.66. The summed E-state index contributed by atoms with van der Waals surface area (Å²) in [7, 11) is 0. The molecule has 0 aliphatic rings. The van der Waals surface area contributed by atoms with Gasteiger partial charge in [0.25, 0.3) is 5.56 Å². The predicted molar refractivity (Wildman–Crippen MR) is 81.8 cm³/mol. The maximum atomic E-state index is 12.3. The van der Waals surface area contributed by atoms with Gasteiger partial charge in [0.15, 0.2) is 0 Å². The van der Waals surface area contributed by atoms with Gasteiger partial charge in [-0.15, -0.1) is 0 Å². The van der Waals surface area contributed by atoms with Gasteiger partial charge in [0.05, 0.1) is 0 Å². The highest BCUT2D eigenvalue weighted by Crippen LogP contribution is 2.20. The molecule has 0 N–H and O–H groups in total. The van der Waals surface area contributed by atoms with Gasteiger partial charge in [-0.25, -0.2) is 0 Å². The van der Waals surface area contributed by atoms with E-state index in [1.54, 1.807) is 39.1 Å². The number of pyridine rings is 1. The number of halogens is 1. The zero-order chi connectivity index (χ0) is 14.9. The Labute approximate surface area is 125 Å². The molecule has 1 aromatic carbocycles. The molecular formula is C15H16BrNO3. The second-order valence-electron chi connectivity index (χ2n) is 5.54. The maximum Gasteiger partial charge on any atom is 0.326 e. The minimum absolute atomic E-state index is 0.0977. The Morgan fingerprint density at radius 3 is 2.45 bits per heavy atom. The number of esters is 1. The first kappa shape index (κ1) is 14.8. The summed E-state index contributed by atoms with van der Waals surface area (Å²) in [6, 6.07) is 7.27. The average Bonchev–Trinajstić information content (AvgIpc) is 2.33. The minimum atomic E-state index is -0.561. The van der Waals surface area contributed by atoms with Crippen LogP contribution in [-0.2, 0) is 16.1 Å². The smallest absolute Gasteiger partial charge is 0.326 e. The van der Waals surface area contributed by atoms with Crippen LogP contribution in [0.15, 0.2) is 39.7 Å². The Morgan fingerprint density at radius 1 is 1.25 bits per heavy atom. The van der Waals surface area contributed by atoms with Gasteiger partial charge >= 0.3 is 5.97 Å². The monoisotopic (exact) mass is 337 g/mol. The van der Waals surface area contributed by atoms with Crippen molar-refractivity contribution >= 4 is 32.7 Å². The topological polar surface area (TPSA) is 48.3 Å². The molecule has 0 bridgehead atoms. The predicted octanol–water partition coefficient (Wildman–Crippen LogP) is 3.11. The van der Waals surface area contributed by atoms with Gasteiger partial charge < -0.3 is 9.30 Å². The summed E-state index contributed by atoms with van der Waals surface area (Å²) in [5.74, 6) is -0.429. The van der Waals surface area contributed by atoms with E-state index >= 15 is 0 Å². The molecule has 106 valence electrons. The molecule has 0 atom stereocenters. The van der Waals surface area contributed by atoms with Gasteiger partial charge in [-0.1, -0.05) is 18.2 Å². The SMILES string of the molecule is CC(C)(C)OC(=O)Cn1cc(Br)c2ccccc2c1=O. The number of nitrogens with zero attached hydrogens (tertiary/aromatic N) is 1. The number of aromatic nitrogens is 1. The molecule has 0 spiro atoms. The summed E-state index contributed by atoms with van der Waals surface area (Å²) in [6.07, 6.45) is 1.62. The Morgan fingerprint density at radius 2 is 1.85 bits per heavy atom. The van der Waals surface area contributed by atoms with Crippen molar-refractivity contribution in [3.8, 4) is 0 Å². The van der Waals surface area contributed by atoms with Gasteiger partial charge in [-0.05, 0) is 42.8 Å². The van der Waals surface area contributed by atoms with Gasteiger partial charge in [0, 0.05) is 21.4 Å². The average molecular weight is 338 g/mol. The van der Waals surface area contributed by atoms with Crippen molar-refractivity contribution in [2.75, 3.05) is 0 Å². The number of rotatable bonds is 2. The second kappa shape index (κ2) is 5.40. The summed E-state index contributed by atoms with van der Waals surface area (Å²) in [5.41, 5.74) is -0.760. The lowest BCUT2D eigenvalue weighted by Gasteiger charge is -2.20. The first-order valence-corrected chi connectivity index (χ1v) is 7.07. The molecule has 0 aliphatic heterocycles. The molecular weight excluding hydrogens is 322 g/mol. The Kier molecular flexibility index (Phi) is 3.99. The Hall–Kier alpha value is -1.62. The quantitative estimate of drug-likeness (QED) is 0.791. The van der Waals surface area contributed by atoms with Crippen molar-refractivity contribution in [3.63, 3.8) is 0 Å². The van der Waals surface area contributed by atoms with Crippen LogP contribution in [0.5, 0.6) is 0 Å². The summed E-state index contributed by atoms with van der Waals surface area (Å²) >= 11 is 3.42. The second-order valence-corrected chi connectivity index (χ2v) is 6.40. The highest BCUT2D eigenvalue weighted by molar-refractivity contribution is 9.10. The maximum absolute atomic E-state index is 12.3. The van der Waals surface area contributed by atoms with Crippen LogP contribution >= 0.6 is 15.9 Å². The van der Waals surface area contributed by atoms with Crippen LogP contribution in [0.4, 0.5) is 0 Å². The van der Waals surface area contributed by atoms with Crippen molar-refractivity contribution in [3.05, 3.63) is 45.3 Å². The molecule has 0 radical (unpaired) electrons. The lowest BCUT2D eigenvalue weighted by atomic mass is 10.2. The fourth-order valence-corrected chi connectivity index (χ4v) is 2.52. The first-order chi connectivity index (χ1) is 9.28. The normalized spacial score (nSPS) is 11.6. The van der Waals surface area contributed by atoms with Crippen molar-refractivity contribution < 1.29 is 9.53 Å². The van der Waals surface area contributed by atoms with Crippen LogP contribution in [0, 0.1) is 0 Å². The van der Waals surface area contributed by atoms with Crippen molar-refractivity contribution in [1.82, 2.24) is 4.57 Å². The largest absolute Gasteiger partial charge is 0.459 e. The summed E-state index contributed by atoms with van der Waals surface area (Å²) in [4.78, 5) is 24.1. The van der Waals surface area contributed by atoms with Gasteiger partial charge in [-0.3, -0.25) is 9.59 Å². The molecule has 4 nitrogen and oxygen atoms in total. The number of carbonyl (C=O) groups is 1. The molecule has 1 heterocycles. The van der Waals surface area contributed by atoms with Crippen LogP contribution in [0.1, 0.15) is 20.8 Å². The molecule has 0 aliphatic carbocycles. The van der Waals surface area contributed by atoms with E-state index in [1.165, 1.54) is 4.57 Å².